The van der Waals surface area contributed by atoms with Crippen LogP contribution in [0.2, 0.25) is 0 Å². The largest absolute Gasteiger partial charge is 0.497 e. The Labute approximate surface area is 198 Å². The Morgan fingerprint density at radius 1 is 0.970 bits per heavy atom. The molecular formula is C26H35NO5S. The van der Waals surface area contributed by atoms with E-state index in [-0.39, 0.29) is 19.0 Å². The van der Waals surface area contributed by atoms with E-state index in [1.807, 2.05) is 55.5 Å². The summed E-state index contributed by atoms with van der Waals surface area (Å²) in [7, 11) is -0.561. The van der Waals surface area contributed by atoms with Crippen LogP contribution in [0.3, 0.4) is 0 Å². The average Bonchev–Trinajstić information content (AvgIpc) is 3.64. The number of hydrogen-bond donors (Lipinski definition) is 0. The van der Waals surface area contributed by atoms with E-state index in [4.69, 9.17) is 14.2 Å². The first kappa shape index (κ1) is 25.3. The first-order valence-electron chi connectivity index (χ1n) is 11.3. The predicted molar refractivity (Wildman–Crippen MR) is 131 cm³/mol. The average molecular weight is 474 g/mol. The van der Waals surface area contributed by atoms with Crippen LogP contribution in [0.4, 0.5) is 0 Å². The number of rotatable bonds is 14. The van der Waals surface area contributed by atoms with Gasteiger partial charge in [-0.15, -0.1) is 6.58 Å². The van der Waals surface area contributed by atoms with E-state index in [1.54, 1.807) is 20.3 Å². The second-order valence-electron chi connectivity index (χ2n) is 8.66. The van der Waals surface area contributed by atoms with Gasteiger partial charge in [-0.3, -0.25) is 0 Å². The number of sulfonamides is 1. The van der Waals surface area contributed by atoms with Crippen molar-refractivity contribution in [3.05, 3.63) is 72.3 Å². The van der Waals surface area contributed by atoms with Crippen LogP contribution in [-0.2, 0) is 27.8 Å². The molecule has 7 heteroatoms. The van der Waals surface area contributed by atoms with E-state index in [0.717, 1.165) is 35.5 Å². The zero-order chi connectivity index (χ0) is 23.8. The molecule has 0 heterocycles. The van der Waals surface area contributed by atoms with Crippen molar-refractivity contribution in [2.24, 2.45) is 11.8 Å². The van der Waals surface area contributed by atoms with E-state index >= 15 is 0 Å². The maximum atomic E-state index is 14.0. The van der Waals surface area contributed by atoms with E-state index in [9.17, 15) is 8.42 Å². The summed E-state index contributed by atoms with van der Waals surface area (Å²) < 4.78 is 46.0. The Morgan fingerprint density at radius 3 is 1.85 bits per heavy atom. The molecule has 0 N–H and O–H groups in total. The number of hydrogen-bond acceptors (Lipinski definition) is 5. The summed E-state index contributed by atoms with van der Waals surface area (Å²) in [6.07, 6.45) is 4.52. The highest BCUT2D eigenvalue weighted by molar-refractivity contribution is 7.89. The molecule has 2 aromatic rings. The maximum Gasteiger partial charge on any atom is 0.242 e. The van der Waals surface area contributed by atoms with Gasteiger partial charge in [0.2, 0.25) is 10.0 Å². The fraction of sp³-hybridized carbons (Fsp3) is 0.462. The lowest BCUT2D eigenvalue weighted by Gasteiger charge is -2.31. The highest BCUT2D eigenvalue weighted by Gasteiger charge is 2.38. The molecule has 6 nitrogen and oxygen atoms in total. The molecule has 1 aliphatic rings. The van der Waals surface area contributed by atoms with Gasteiger partial charge in [0.25, 0.3) is 0 Å². The molecule has 33 heavy (non-hydrogen) atoms. The molecule has 0 spiro atoms. The third-order valence-electron chi connectivity index (χ3n) is 5.89. The third kappa shape index (κ3) is 7.06. The van der Waals surface area contributed by atoms with Crippen LogP contribution in [0.25, 0.3) is 0 Å². The summed E-state index contributed by atoms with van der Waals surface area (Å²) in [4.78, 5) is 0. The molecule has 0 saturated heterocycles. The van der Waals surface area contributed by atoms with Crippen molar-refractivity contribution in [2.45, 2.75) is 44.7 Å². The molecule has 0 bridgehead atoms. The lowest BCUT2D eigenvalue weighted by molar-refractivity contribution is 0.0597. The van der Waals surface area contributed by atoms with E-state index in [2.05, 4.69) is 6.58 Å². The van der Waals surface area contributed by atoms with Crippen molar-refractivity contribution in [1.82, 2.24) is 4.31 Å². The molecule has 2 atom stereocenters. The molecule has 0 amide bonds. The Hall–Kier alpha value is -2.35. The summed E-state index contributed by atoms with van der Waals surface area (Å²) in [5.41, 5.74) is 0.836. The number of benzene rings is 2. The fourth-order valence-electron chi connectivity index (χ4n) is 3.69. The van der Waals surface area contributed by atoms with Gasteiger partial charge < -0.3 is 14.2 Å². The minimum absolute atomic E-state index is 0.208. The number of allylic oxidation sites excluding steroid dienone is 1. The van der Waals surface area contributed by atoms with Gasteiger partial charge in [0.05, 0.1) is 20.8 Å². The van der Waals surface area contributed by atoms with Gasteiger partial charge in [-0.1, -0.05) is 37.3 Å². The van der Waals surface area contributed by atoms with Crippen molar-refractivity contribution < 1.29 is 22.6 Å². The van der Waals surface area contributed by atoms with Crippen LogP contribution in [0.1, 0.15) is 37.3 Å². The molecular weight excluding hydrogens is 438 g/mol. The molecule has 0 radical (unpaired) electrons. The highest BCUT2D eigenvalue weighted by Crippen LogP contribution is 2.32. The van der Waals surface area contributed by atoms with Gasteiger partial charge in [-0.25, -0.2) is 8.42 Å². The standard InChI is InChI=1S/C26H35NO5S/c1-5-6-20(2)26(32-19-23-7-8-23)33(28,29)27(17-21-9-13-24(30-3)14-10-21)18-22-11-15-25(31-4)16-12-22/h5,9-16,20,23,26H,1,6-8,17-19H2,2-4H3/t20-,26+/m0/s1. The molecule has 0 aliphatic heterocycles. The molecule has 2 aromatic carbocycles. The molecule has 1 fully saturated rings. The highest BCUT2D eigenvalue weighted by atomic mass is 32.2. The smallest absolute Gasteiger partial charge is 0.242 e. The third-order valence-corrected chi connectivity index (χ3v) is 8.05. The van der Waals surface area contributed by atoms with Crippen molar-refractivity contribution in [3.63, 3.8) is 0 Å². The quantitative estimate of drug-likeness (QED) is 0.361. The summed E-state index contributed by atoms with van der Waals surface area (Å²) in [5.74, 6) is 1.72. The van der Waals surface area contributed by atoms with E-state index in [0.29, 0.717) is 18.9 Å². The van der Waals surface area contributed by atoms with E-state index in [1.165, 1.54) is 4.31 Å². The summed E-state index contributed by atoms with van der Waals surface area (Å²) in [5, 5.41) is 0. The van der Waals surface area contributed by atoms with Gasteiger partial charge in [0.1, 0.15) is 11.5 Å². The summed E-state index contributed by atoms with van der Waals surface area (Å²) >= 11 is 0. The van der Waals surface area contributed by atoms with Gasteiger partial charge in [0.15, 0.2) is 5.44 Å². The van der Waals surface area contributed by atoms with Gasteiger partial charge >= 0.3 is 0 Å². The van der Waals surface area contributed by atoms with Crippen LogP contribution in [-0.4, -0.2) is 39.0 Å². The fourth-order valence-corrected chi connectivity index (χ4v) is 5.59. The molecule has 0 aromatic heterocycles. The van der Waals surface area contributed by atoms with Crippen LogP contribution < -0.4 is 9.47 Å². The lowest BCUT2D eigenvalue weighted by atomic mass is 10.1. The van der Waals surface area contributed by atoms with E-state index < -0.39 is 15.5 Å². The Kier molecular flexibility index (Phi) is 8.95. The topological polar surface area (TPSA) is 65.1 Å². The molecule has 1 saturated carbocycles. The number of ether oxygens (including phenoxy) is 3. The van der Waals surface area contributed by atoms with Gasteiger partial charge in [0, 0.05) is 19.0 Å². The Balaban J connectivity index is 1.90. The molecule has 3 rings (SSSR count). The molecule has 0 unspecified atom stereocenters. The normalized spacial score (nSPS) is 15.8. The second kappa shape index (κ2) is 11.7. The van der Waals surface area contributed by atoms with Crippen LogP contribution in [0.5, 0.6) is 11.5 Å². The lowest BCUT2D eigenvalue weighted by Crippen LogP contribution is -2.42. The minimum atomic E-state index is -3.78. The molecule has 180 valence electrons. The Bertz CT molecular complexity index is 935. The van der Waals surface area contributed by atoms with Gasteiger partial charge in [-0.2, -0.15) is 4.31 Å². The predicted octanol–water partition coefficient (Wildman–Crippen LogP) is 5.00. The van der Waals surface area contributed by atoms with Gasteiger partial charge in [-0.05, 0) is 60.6 Å². The first-order chi connectivity index (χ1) is 15.9. The molecule has 1 aliphatic carbocycles. The van der Waals surface area contributed by atoms with Crippen LogP contribution >= 0.6 is 0 Å². The Morgan fingerprint density at radius 2 is 1.45 bits per heavy atom. The maximum absolute atomic E-state index is 14.0. The van der Waals surface area contributed by atoms with Crippen LogP contribution in [0, 0.1) is 11.8 Å². The minimum Gasteiger partial charge on any atom is -0.497 e. The summed E-state index contributed by atoms with van der Waals surface area (Å²) in [6, 6.07) is 14.9. The zero-order valence-electron chi connectivity index (χ0n) is 19.8. The SMILES string of the molecule is C=CC[C@H](C)[C@H](OCC1CC1)S(=O)(=O)N(Cc1ccc(OC)cc1)Cc1ccc(OC)cc1. The second-order valence-corrected chi connectivity index (χ2v) is 10.7. The summed E-state index contributed by atoms with van der Waals surface area (Å²) in [6.45, 7) is 6.66. The van der Waals surface area contributed by atoms with Crippen molar-refractivity contribution in [1.29, 1.82) is 0 Å². The van der Waals surface area contributed by atoms with Crippen LogP contribution in [0.15, 0.2) is 61.2 Å². The monoisotopic (exact) mass is 473 g/mol. The zero-order valence-corrected chi connectivity index (χ0v) is 20.6. The first-order valence-corrected chi connectivity index (χ1v) is 12.8. The number of methoxy groups -OCH3 is 2. The van der Waals surface area contributed by atoms with Crippen molar-refractivity contribution in [3.8, 4) is 11.5 Å². The van der Waals surface area contributed by atoms with Crippen molar-refractivity contribution in [2.75, 3.05) is 20.8 Å². The number of nitrogens with zero attached hydrogens (tertiary/aromatic N) is 1. The van der Waals surface area contributed by atoms with Crippen molar-refractivity contribution >= 4 is 10.0 Å².